The number of imidazole rings is 1. The molecule has 0 radical (unpaired) electrons. The molecule has 0 aliphatic heterocycles. The average molecular weight is 499 g/mol. The number of amides is 1. The number of nitrogens with one attached hydrogen (secondary N) is 1. The van der Waals surface area contributed by atoms with Crippen LogP contribution in [0.15, 0.2) is 60.8 Å². The summed E-state index contributed by atoms with van der Waals surface area (Å²) in [7, 11) is 0. The number of benzene rings is 2. The minimum atomic E-state index is -0.00245. The van der Waals surface area contributed by atoms with Crippen LogP contribution in [0.1, 0.15) is 54.1 Å². The Morgan fingerprint density at radius 3 is 2.76 bits per heavy atom. The lowest BCUT2D eigenvalue weighted by Crippen LogP contribution is -2.13. The first-order chi connectivity index (χ1) is 18.0. The summed E-state index contributed by atoms with van der Waals surface area (Å²) in [6.45, 7) is 4.73. The molecule has 0 saturated heterocycles. The van der Waals surface area contributed by atoms with E-state index in [0.29, 0.717) is 41.0 Å². The number of hydrogen-bond acceptors (Lipinski definition) is 6. The maximum absolute atomic E-state index is 13.0. The minimum absolute atomic E-state index is 0.00245. The molecule has 2 heterocycles. The molecule has 0 unspecified atom stereocenters. The Hall–Kier alpha value is -4.20. The Morgan fingerprint density at radius 2 is 1.95 bits per heavy atom. The highest BCUT2D eigenvalue weighted by atomic mass is 16.5. The molecular formula is C29H30N4O4. The van der Waals surface area contributed by atoms with Crippen LogP contribution in [0.2, 0.25) is 0 Å². The normalized spacial score (nSPS) is 12.9. The highest BCUT2D eigenvalue weighted by Crippen LogP contribution is 2.30. The maximum Gasteiger partial charge on any atom is 0.237 e. The zero-order chi connectivity index (χ0) is 25.8. The first-order valence-electron chi connectivity index (χ1n) is 12.7. The molecule has 8 heteroatoms. The van der Waals surface area contributed by atoms with Gasteiger partial charge in [-0.3, -0.25) is 9.59 Å². The predicted molar refractivity (Wildman–Crippen MR) is 140 cm³/mol. The molecule has 190 valence electrons. The van der Waals surface area contributed by atoms with Crippen molar-refractivity contribution in [1.29, 1.82) is 0 Å². The summed E-state index contributed by atoms with van der Waals surface area (Å²) < 4.78 is 13.3. The van der Waals surface area contributed by atoms with E-state index in [1.54, 1.807) is 28.9 Å². The predicted octanol–water partition coefficient (Wildman–Crippen LogP) is 5.78. The standard InChI is InChI=1S/C29H30N4O4/c1-3-4-14-36-23-7-5-6-21(15-23)25(34)17-22-16-24(11-8-19(22)2)37-28-13-12-27-30-26(18-33(27)32-28)31-29(35)20-9-10-20/h5-8,11-13,15-16,18,20H,3-4,9-10,14,17H2,1-2H3,(H,31,35). The third kappa shape index (κ3) is 6.14. The molecule has 0 atom stereocenters. The number of aryl methyl sites for hydroxylation is 1. The molecule has 2 aromatic heterocycles. The summed E-state index contributed by atoms with van der Waals surface area (Å²) in [5, 5.41) is 7.29. The van der Waals surface area contributed by atoms with Crippen LogP contribution in [0, 0.1) is 12.8 Å². The molecule has 1 saturated carbocycles. The van der Waals surface area contributed by atoms with Gasteiger partial charge in [-0.25, -0.2) is 9.50 Å². The van der Waals surface area contributed by atoms with Crippen molar-refractivity contribution in [2.24, 2.45) is 5.92 Å². The van der Waals surface area contributed by atoms with E-state index in [1.807, 2.05) is 43.3 Å². The smallest absolute Gasteiger partial charge is 0.237 e. The number of fused-ring (bicyclic) bond motifs is 1. The summed E-state index contributed by atoms with van der Waals surface area (Å²) in [6, 6.07) is 16.5. The molecular weight excluding hydrogens is 468 g/mol. The van der Waals surface area contributed by atoms with Gasteiger partial charge in [0.2, 0.25) is 11.8 Å². The monoisotopic (exact) mass is 498 g/mol. The molecule has 1 aliphatic rings. The Kier molecular flexibility index (Phi) is 7.16. The van der Waals surface area contributed by atoms with Gasteiger partial charge in [-0.15, -0.1) is 5.10 Å². The van der Waals surface area contributed by atoms with E-state index in [1.165, 1.54) is 0 Å². The number of unbranched alkanes of at least 4 members (excludes halogenated alkanes) is 1. The van der Waals surface area contributed by atoms with Crippen molar-refractivity contribution in [2.75, 3.05) is 11.9 Å². The first-order valence-corrected chi connectivity index (χ1v) is 12.7. The van der Waals surface area contributed by atoms with Crippen LogP contribution in [0.3, 0.4) is 0 Å². The Balaban J connectivity index is 1.27. The van der Waals surface area contributed by atoms with Crippen molar-refractivity contribution in [3.05, 3.63) is 77.5 Å². The van der Waals surface area contributed by atoms with Gasteiger partial charge in [0, 0.05) is 24.0 Å². The van der Waals surface area contributed by atoms with Gasteiger partial charge in [-0.05, 0) is 67.6 Å². The number of rotatable bonds is 11. The number of carbonyl (C=O) groups excluding carboxylic acids is 2. The maximum atomic E-state index is 13.0. The fraction of sp³-hybridized carbons (Fsp3) is 0.310. The van der Waals surface area contributed by atoms with Gasteiger partial charge < -0.3 is 14.8 Å². The summed E-state index contributed by atoms with van der Waals surface area (Å²) in [4.78, 5) is 29.5. The second-order valence-corrected chi connectivity index (χ2v) is 9.38. The van der Waals surface area contributed by atoms with Gasteiger partial charge in [0.15, 0.2) is 17.2 Å². The van der Waals surface area contributed by atoms with Gasteiger partial charge >= 0.3 is 0 Å². The summed E-state index contributed by atoms with van der Waals surface area (Å²) in [5.41, 5.74) is 3.12. The number of Topliss-reactive ketones (excluding diaryl/α,β-unsaturated/α-hetero) is 1. The molecule has 2 aromatic carbocycles. The van der Waals surface area contributed by atoms with Crippen molar-refractivity contribution in [1.82, 2.24) is 14.6 Å². The molecule has 5 rings (SSSR count). The zero-order valence-electron chi connectivity index (χ0n) is 21.1. The lowest BCUT2D eigenvalue weighted by atomic mass is 9.99. The number of aromatic nitrogens is 3. The van der Waals surface area contributed by atoms with E-state index in [0.717, 1.165) is 36.8 Å². The highest BCUT2D eigenvalue weighted by Gasteiger charge is 2.30. The number of carbonyl (C=O) groups is 2. The van der Waals surface area contributed by atoms with Crippen LogP contribution in [-0.2, 0) is 11.2 Å². The van der Waals surface area contributed by atoms with Crippen LogP contribution in [0.5, 0.6) is 17.4 Å². The minimum Gasteiger partial charge on any atom is -0.494 e. The molecule has 1 N–H and O–H groups in total. The number of ether oxygens (including phenoxy) is 2. The second kappa shape index (κ2) is 10.8. The van der Waals surface area contributed by atoms with Crippen molar-refractivity contribution in [3.63, 3.8) is 0 Å². The van der Waals surface area contributed by atoms with Crippen molar-refractivity contribution in [2.45, 2.75) is 46.0 Å². The van der Waals surface area contributed by atoms with Crippen molar-refractivity contribution >= 4 is 23.2 Å². The Bertz CT molecular complexity index is 1440. The van der Waals surface area contributed by atoms with Crippen LogP contribution in [0.4, 0.5) is 5.82 Å². The van der Waals surface area contributed by atoms with Crippen LogP contribution in [-0.4, -0.2) is 32.9 Å². The lowest BCUT2D eigenvalue weighted by Gasteiger charge is -2.11. The number of nitrogens with zero attached hydrogens (tertiary/aromatic N) is 3. The van der Waals surface area contributed by atoms with E-state index in [9.17, 15) is 9.59 Å². The van der Waals surface area contributed by atoms with Crippen LogP contribution < -0.4 is 14.8 Å². The van der Waals surface area contributed by atoms with E-state index in [-0.39, 0.29) is 24.0 Å². The lowest BCUT2D eigenvalue weighted by molar-refractivity contribution is -0.117. The number of hydrogen-bond donors (Lipinski definition) is 1. The highest BCUT2D eigenvalue weighted by molar-refractivity contribution is 5.98. The molecule has 4 aromatic rings. The summed E-state index contributed by atoms with van der Waals surface area (Å²) >= 11 is 0. The van der Waals surface area contributed by atoms with Gasteiger partial charge in [-0.2, -0.15) is 0 Å². The third-order valence-electron chi connectivity index (χ3n) is 6.31. The summed E-state index contributed by atoms with van der Waals surface area (Å²) in [5.74, 6) is 2.25. The van der Waals surface area contributed by atoms with Crippen LogP contribution in [0.25, 0.3) is 5.65 Å². The number of anilines is 1. The molecule has 8 nitrogen and oxygen atoms in total. The number of ketones is 1. The molecule has 1 fully saturated rings. The van der Waals surface area contributed by atoms with E-state index < -0.39 is 0 Å². The Morgan fingerprint density at radius 1 is 1.08 bits per heavy atom. The fourth-order valence-corrected chi connectivity index (χ4v) is 3.94. The molecule has 37 heavy (non-hydrogen) atoms. The molecule has 1 aliphatic carbocycles. The van der Waals surface area contributed by atoms with Gasteiger partial charge in [-0.1, -0.05) is 31.5 Å². The topological polar surface area (TPSA) is 94.8 Å². The van der Waals surface area contributed by atoms with E-state index in [2.05, 4.69) is 22.3 Å². The van der Waals surface area contributed by atoms with Crippen LogP contribution >= 0.6 is 0 Å². The largest absolute Gasteiger partial charge is 0.494 e. The molecule has 1 amide bonds. The van der Waals surface area contributed by atoms with E-state index in [4.69, 9.17) is 9.47 Å². The third-order valence-corrected chi connectivity index (χ3v) is 6.31. The molecule has 0 spiro atoms. The quantitative estimate of drug-likeness (QED) is 0.208. The first kappa shape index (κ1) is 24.5. The van der Waals surface area contributed by atoms with Gasteiger partial charge in [0.25, 0.3) is 0 Å². The fourth-order valence-electron chi connectivity index (χ4n) is 3.94. The average Bonchev–Trinajstić information content (AvgIpc) is 3.67. The summed E-state index contributed by atoms with van der Waals surface area (Å²) in [6.07, 6.45) is 5.81. The SMILES string of the molecule is CCCCOc1cccc(C(=O)Cc2cc(Oc3ccc4nc(NC(=O)C5CC5)cn4n3)ccc2C)c1. The molecule has 0 bridgehead atoms. The Labute approximate surface area is 215 Å². The van der Waals surface area contributed by atoms with Crippen molar-refractivity contribution in [3.8, 4) is 17.4 Å². The zero-order valence-corrected chi connectivity index (χ0v) is 21.1. The second-order valence-electron chi connectivity index (χ2n) is 9.38. The van der Waals surface area contributed by atoms with Gasteiger partial charge in [0.1, 0.15) is 11.5 Å². The van der Waals surface area contributed by atoms with E-state index >= 15 is 0 Å². The van der Waals surface area contributed by atoms with Gasteiger partial charge in [0.05, 0.1) is 12.8 Å². The van der Waals surface area contributed by atoms with Crippen molar-refractivity contribution < 1.29 is 19.1 Å².